The molecular formula is C31H33FN6O7. The van der Waals surface area contributed by atoms with Crippen molar-refractivity contribution in [1.29, 1.82) is 0 Å². The molecule has 3 aliphatic heterocycles. The topological polar surface area (TPSA) is 157 Å². The number of aryl methyl sites for hydroxylation is 1. The fourth-order valence-corrected chi connectivity index (χ4v) is 6.23. The first-order chi connectivity index (χ1) is 21.7. The average Bonchev–Trinajstić information content (AvgIpc) is 3.58. The summed E-state index contributed by atoms with van der Waals surface area (Å²) in [6.45, 7) is 3.64. The lowest BCUT2D eigenvalue weighted by Crippen LogP contribution is -2.42. The summed E-state index contributed by atoms with van der Waals surface area (Å²) in [6.07, 6.45) is 4.79. The molecule has 1 N–H and O–H groups in total. The van der Waals surface area contributed by atoms with Gasteiger partial charge in [-0.2, -0.15) is 0 Å². The van der Waals surface area contributed by atoms with E-state index in [1.54, 1.807) is 17.6 Å². The number of amides is 3. The number of hydrogen-bond donors (Lipinski definition) is 1. The molecule has 45 heavy (non-hydrogen) atoms. The number of hydrogen-bond acceptors (Lipinski definition) is 10. The summed E-state index contributed by atoms with van der Waals surface area (Å²) in [5.74, 6) is -2.34. The van der Waals surface area contributed by atoms with Crippen LogP contribution in [0.1, 0.15) is 60.5 Å². The van der Waals surface area contributed by atoms with Gasteiger partial charge in [0.1, 0.15) is 18.9 Å². The maximum atomic E-state index is 13.5. The molecule has 0 saturated carbocycles. The van der Waals surface area contributed by atoms with Gasteiger partial charge in [-0.15, -0.1) is 0 Å². The molecule has 0 spiro atoms. The number of carbonyl (C=O) groups excluding carboxylic acids is 4. The number of ether oxygens (including phenoxy) is 1. The van der Waals surface area contributed by atoms with E-state index in [1.807, 2.05) is 0 Å². The number of benzene rings is 1. The molecule has 1 atom stereocenters. The summed E-state index contributed by atoms with van der Waals surface area (Å²) in [6, 6.07) is 4.49. The van der Waals surface area contributed by atoms with Gasteiger partial charge in [-0.25, -0.2) is 9.37 Å². The fraction of sp³-hybridized carbons (Fsp3) is 0.452. The third-order valence-electron chi connectivity index (χ3n) is 8.65. The highest BCUT2D eigenvalue weighted by molar-refractivity contribution is 6.14. The van der Waals surface area contributed by atoms with E-state index < -0.39 is 42.9 Å². The van der Waals surface area contributed by atoms with Crippen LogP contribution in [0.2, 0.25) is 0 Å². The summed E-state index contributed by atoms with van der Waals surface area (Å²) in [5.41, 5.74) is 2.40. The van der Waals surface area contributed by atoms with Crippen LogP contribution in [0.15, 0.2) is 39.7 Å². The van der Waals surface area contributed by atoms with Crippen LogP contribution in [0, 0.1) is 12.7 Å². The summed E-state index contributed by atoms with van der Waals surface area (Å²) in [4.78, 5) is 69.2. The predicted octanol–water partition coefficient (Wildman–Crippen LogP) is 1.67. The minimum Gasteiger partial charge on any atom is -0.453 e. The molecule has 3 amide bonds. The van der Waals surface area contributed by atoms with E-state index >= 15 is 0 Å². The van der Waals surface area contributed by atoms with Gasteiger partial charge >= 0.3 is 5.97 Å². The number of imide groups is 1. The van der Waals surface area contributed by atoms with Gasteiger partial charge in [0.05, 0.1) is 5.69 Å². The van der Waals surface area contributed by atoms with Crippen LogP contribution in [-0.2, 0) is 36.9 Å². The van der Waals surface area contributed by atoms with Gasteiger partial charge in [-0.3, -0.25) is 33.4 Å². The lowest BCUT2D eigenvalue weighted by atomic mass is 9.91. The normalized spacial score (nSPS) is 18.9. The second-order valence-corrected chi connectivity index (χ2v) is 11.6. The molecule has 1 saturated heterocycles. The number of carbonyl (C=O) groups is 4. The maximum Gasteiger partial charge on any atom is 0.326 e. The summed E-state index contributed by atoms with van der Waals surface area (Å²) in [7, 11) is 0. The molecule has 6 rings (SSSR count). The summed E-state index contributed by atoms with van der Waals surface area (Å²) < 4.78 is 26.0. The molecule has 2 aromatic heterocycles. The van der Waals surface area contributed by atoms with Gasteiger partial charge in [0.25, 0.3) is 17.4 Å². The molecule has 1 unspecified atom stereocenters. The van der Waals surface area contributed by atoms with Crippen molar-refractivity contribution >= 4 is 34.7 Å². The Morgan fingerprint density at radius 3 is 2.60 bits per heavy atom. The van der Waals surface area contributed by atoms with Crippen LogP contribution >= 0.6 is 0 Å². The van der Waals surface area contributed by atoms with Crippen molar-refractivity contribution in [2.24, 2.45) is 0 Å². The molecule has 3 aliphatic rings. The zero-order chi connectivity index (χ0) is 31.7. The first-order valence-corrected chi connectivity index (χ1v) is 15.0. The number of halogens is 1. The summed E-state index contributed by atoms with van der Waals surface area (Å²) in [5, 5.41) is 7.43. The highest BCUT2D eigenvalue weighted by Gasteiger charge is 2.30. The van der Waals surface area contributed by atoms with Crippen LogP contribution in [0.5, 0.6) is 0 Å². The Balaban J connectivity index is 1.02. The van der Waals surface area contributed by atoms with Crippen molar-refractivity contribution < 1.29 is 32.8 Å². The van der Waals surface area contributed by atoms with E-state index in [2.05, 4.69) is 20.4 Å². The second-order valence-electron chi connectivity index (χ2n) is 11.6. The van der Waals surface area contributed by atoms with E-state index in [0.29, 0.717) is 55.0 Å². The van der Waals surface area contributed by atoms with Gasteiger partial charge in [0.15, 0.2) is 17.5 Å². The quantitative estimate of drug-likeness (QED) is 0.276. The van der Waals surface area contributed by atoms with Gasteiger partial charge in [0.2, 0.25) is 5.91 Å². The molecule has 0 aliphatic carbocycles. The second kappa shape index (κ2) is 12.7. The number of aromatic nitrogens is 3. The third-order valence-corrected chi connectivity index (χ3v) is 8.65. The number of piperidine rings is 1. The zero-order valence-electron chi connectivity index (χ0n) is 24.8. The standard InChI is InChI=1S/C31H33FN6O7/c1-18-21(10-14-36-12-8-19(9-13-36)29-22-5-4-20(32)15-24(22)45-35-29)31(43)37-11-2-3-23(30(37)34-18)44-28(42)16-33-25(39)17-38-26(40)6-7-27(38)41/h4-7,15,19,23H,2-3,8-14,16-17H2,1H3,(H,33,39). The number of rotatable bonds is 9. The van der Waals surface area contributed by atoms with Crippen molar-refractivity contribution in [3.63, 3.8) is 0 Å². The Hall–Kier alpha value is -4.72. The first kappa shape index (κ1) is 30.3. The molecule has 14 heteroatoms. The molecule has 1 fully saturated rings. The lowest BCUT2D eigenvalue weighted by molar-refractivity contribution is -0.151. The van der Waals surface area contributed by atoms with Crippen LogP contribution in [-0.4, -0.2) is 80.9 Å². The first-order valence-electron chi connectivity index (χ1n) is 15.0. The largest absolute Gasteiger partial charge is 0.453 e. The molecule has 13 nitrogen and oxygen atoms in total. The minimum absolute atomic E-state index is 0.142. The van der Waals surface area contributed by atoms with Crippen LogP contribution in [0.3, 0.4) is 0 Å². The Morgan fingerprint density at radius 2 is 1.84 bits per heavy atom. The van der Waals surface area contributed by atoms with Gasteiger partial charge in [0, 0.05) is 53.9 Å². The molecule has 0 bridgehead atoms. The number of nitrogens with one attached hydrogen (secondary N) is 1. The van der Waals surface area contributed by atoms with Crippen molar-refractivity contribution in [1.82, 2.24) is 29.8 Å². The van der Waals surface area contributed by atoms with E-state index in [1.165, 1.54) is 12.1 Å². The SMILES string of the molecule is Cc1nc2n(c(=O)c1CCN1CCC(c3noc4cc(F)ccc34)CC1)CCCC2OC(=O)CNC(=O)CN1C(=O)C=CC1=O. The maximum absolute atomic E-state index is 13.5. The zero-order valence-corrected chi connectivity index (χ0v) is 24.8. The summed E-state index contributed by atoms with van der Waals surface area (Å²) >= 11 is 0. The molecule has 1 aromatic carbocycles. The van der Waals surface area contributed by atoms with Crippen molar-refractivity contribution in [3.05, 3.63) is 69.3 Å². The minimum atomic E-state index is -0.738. The Morgan fingerprint density at radius 1 is 1.09 bits per heavy atom. The monoisotopic (exact) mass is 620 g/mol. The van der Waals surface area contributed by atoms with Crippen molar-refractivity contribution in [2.45, 2.75) is 57.6 Å². The van der Waals surface area contributed by atoms with Crippen LogP contribution in [0.4, 0.5) is 4.39 Å². The third kappa shape index (κ3) is 6.41. The highest BCUT2D eigenvalue weighted by Crippen LogP contribution is 2.33. The highest BCUT2D eigenvalue weighted by atomic mass is 19.1. The van der Waals surface area contributed by atoms with E-state index in [9.17, 15) is 28.4 Å². The number of fused-ring (bicyclic) bond motifs is 2. The number of likely N-dealkylation sites (tertiary alicyclic amines) is 1. The molecule has 3 aromatic rings. The average molecular weight is 621 g/mol. The predicted molar refractivity (Wildman–Crippen MR) is 156 cm³/mol. The Labute approximate surface area is 257 Å². The number of nitrogens with zero attached hydrogens (tertiary/aromatic N) is 5. The van der Waals surface area contributed by atoms with Crippen LogP contribution in [0.25, 0.3) is 11.0 Å². The lowest BCUT2D eigenvalue weighted by Gasteiger charge is -2.31. The molecule has 5 heterocycles. The van der Waals surface area contributed by atoms with Gasteiger partial charge < -0.3 is 19.5 Å². The fourth-order valence-electron chi connectivity index (χ4n) is 6.23. The Kier molecular flexibility index (Phi) is 8.57. The van der Waals surface area contributed by atoms with E-state index in [0.717, 1.165) is 54.1 Å². The van der Waals surface area contributed by atoms with Crippen molar-refractivity contribution in [3.8, 4) is 0 Å². The molecule has 236 valence electrons. The van der Waals surface area contributed by atoms with Gasteiger partial charge in [-0.05, 0) is 64.3 Å². The smallest absolute Gasteiger partial charge is 0.326 e. The van der Waals surface area contributed by atoms with E-state index in [-0.39, 0.29) is 17.3 Å². The van der Waals surface area contributed by atoms with E-state index in [4.69, 9.17) is 9.26 Å². The number of esters is 1. The van der Waals surface area contributed by atoms with Crippen LogP contribution < -0.4 is 10.9 Å². The molecule has 0 radical (unpaired) electrons. The Bertz CT molecular complexity index is 1740. The van der Waals surface area contributed by atoms with Crippen molar-refractivity contribution in [2.75, 3.05) is 32.7 Å². The van der Waals surface area contributed by atoms with Gasteiger partial charge in [-0.1, -0.05) is 5.16 Å². The molecular weight excluding hydrogens is 587 g/mol.